The molecule has 0 aliphatic heterocycles. The fourth-order valence-electron chi connectivity index (χ4n) is 3.14. The number of nitrogen functional groups attached to an aromatic ring is 1. The molecule has 3 N–H and O–H groups in total. The van der Waals surface area contributed by atoms with E-state index in [1.807, 2.05) is 18.3 Å². The second kappa shape index (κ2) is 5.70. The normalized spacial score (nSPS) is 23.4. The Kier molecular flexibility index (Phi) is 3.77. The number of benzene rings is 1. The summed E-state index contributed by atoms with van der Waals surface area (Å²) in [5.74, 6) is 0.871. The van der Waals surface area contributed by atoms with Crippen LogP contribution < -0.4 is 11.1 Å². The lowest BCUT2D eigenvalue weighted by molar-refractivity contribution is 0.502. The van der Waals surface area contributed by atoms with Crippen LogP contribution in [0.1, 0.15) is 39.0 Å². The standard InChI is InChI=1S/C17H23N3/c1-12-3-2-4-14(7-5-12)20-16-9-10-19-17-11-13(18)6-8-15(16)17/h6,8-12,14H,2-5,7,18H2,1H3,(H,19,20). The van der Waals surface area contributed by atoms with E-state index in [2.05, 4.69) is 29.4 Å². The van der Waals surface area contributed by atoms with Crippen molar-refractivity contribution < 1.29 is 0 Å². The van der Waals surface area contributed by atoms with Crippen molar-refractivity contribution in [2.45, 2.75) is 45.1 Å². The zero-order chi connectivity index (χ0) is 13.9. The van der Waals surface area contributed by atoms with Gasteiger partial charge in [-0.15, -0.1) is 0 Å². The van der Waals surface area contributed by atoms with E-state index in [4.69, 9.17) is 5.73 Å². The van der Waals surface area contributed by atoms with Gasteiger partial charge in [-0.1, -0.05) is 19.8 Å². The molecule has 1 heterocycles. The zero-order valence-electron chi connectivity index (χ0n) is 12.1. The zero-order valence-corrected chi connectivity index (χ0v) is 12.1. The summed E-state index contributed by atoms with van der Waals surface area (Å²) >= 11 is 0. The van der Waals surface area contributed by atoms with Gasteiger partial charge in [-0.2, -0.15) is 0 Å². The number of nitrogens with two attached hydrogens (primary N) is 1. The Balaban J connectivity index is 1.83. The minimum Gasteiger partial charge on any atom is -0.399 e. The second-order valence-electron chi connectivity index (χ2n) is 6.09. The molecule has 1 aliphatic carbocycles. The lowest BCUT2D eigenvalue weighted by Crippen LogP contribution is -2.18. The van der Waals surface area contributed by atoms with Crippen molar-refractivity contribution >= 4 is 22.3 Å². The van der Waals surface area contributed by atoms with Gasteiger partial charge in [0.15, 0.2) is 0 Å². The molecule has 1 fully saturated rings. The van der Waals surface area contributed by atoms with E-state index < -0.39 is 0 Å². The van der Waals surface area contributed by atoms with Gasteiger partial charge in [-0.05, 0) is 49.4 Å². The first-order valence-electron chi connectivity index (χ1n) is 7.63. The molecule has 3 heteroatoms. The first-order chi connectivity index (χ1) is 9.72. The Morgan fingerprint density at radius 3 is 2.95 bits per heavy atom. The number of aromatic nitrogens is 1. The Morgan fingerprint density at radius 1 is 1.15 bits per heavy atom. The first-order valence-corrected chi connectivity index (χ1v) is 7.63. The van der Waals surface area contributed by atoms with Crippen molar-refractivity contribution in [3.05, 3.63) is 30.5 Å². The monoisotopic (exact) mass is 269 g/mol. The topological polar surface area (TPSA) is 50.9 Å². The number of nitrogens with zero attached hydrogens (tertiary/aromatic N) is 1. The largest absolute Gasteiger partial charge is 0.399 e. The average Bonchev–Trinajstić information content (AvgIpc) is 2.64. The van der Waals surface area contributed by atoms with Gasteiger partial charge in [-0.25, -0.2) is 0 Å². The van der Waals surface area contributed by atoms with Crippen LogP contribution >= 0.6 is 0 Å². The quantitative estimate of drug-likeness (QED) is 0.634. The fraction of sp³-hybridized carbons (Fsp3) is 0.471. The van der Waals surface area contributed by atoms with Crippen molar-refractivity contribution in [2.24, 2.45) is 5.92 Å². The molecule has 1 saturated carbocycles. The maximum atomic E-state index is 5.83. The Morgan fingerprint density at radius 2 is 2.05 bits per heavy atom. The summed E-state index contributed by atoms with van der Waals surface area (Å²) in [5, 5.41) is 4.89. The average molecular weight is 269 g/mol. The van der Waals surface area contributed by atoms with E-state index in [9.17, 15) is 0 Å². The Bertz CT molecular complexity index is 594. The third-order valence-electron chi connectivity index (χ3n) is 4.38. The molecular formula is C17H23N3. The van der Waals surface area contributed by atoms with Gasteiger partial charge in [0.2, 0.25) is 0 Å². The van der Waals surface area contributed by atoms with Gasteiger partial charge < -0.3 is 11.1 Å². The Hall–Kier alpha value is -1.77. The van der Waals surface area contributed by atoms with Crippen LogP contribution in [0.4, 0.5) is 11.4 Å². The lowest BCUT2D eigenvalue weighted by atomic mass is 10.0. The molecule has 20 heavy (non-hydrogen) atoms. The van der Waals surface area contributed by atoms with Gasteiger partial charge in [0.25, 0.3) is 0 Å². The van der Waals surface area contributed by atoms with E-state index in [0.29, 0.717) is 6.04 Å². The van der Waals surface area contributed by atoms with Crippen LogP contribution in [-0.4, -0.2) is 11.0 Å². The van der Waals surface area contributed by atoms with Crippen LogP contribution in [0, 0.1) is 5.92 Å². The predicted octanol–water partition coefficient (Wildman–Crippen LogP) is 4.20. The van der Waals surface area contributed by atoms with Crippen LogP contribution in [0.3, 0.4) is 0 Å². The van der Waals surface area contributed by atoms with E-state index in [1.54, 1.807) is 0 Å². The minimum atomic E-state index is 0.586. The number of hydrogen-bond acceptors (Lipinski definition) is 3. The van der Waals surface area contributed by atoms with Crippen LogP contribution in [0.25, 0.3) is 10.9 Å². The molecule has 0 amide bonds. The van der Waals surface area contributed by atoms with E-state index in [0.717, 1.165) is 17.1 Å². The number of anilines is 2. The minimum absolute atomic E-state index is 0.586. The maximum absolute atomic E-state index is 5.83. The highest BCUT2D eigenvalue weighted by atomic mass is 14.9. The summed E-state index contributed by atoms with van der Waals surface area (Å²) in [7, 11) is 0. The highest BCUT2D eigenvalue weighted by Crippen LogP contribution is 2.28. The summed E-state index contributed by atoms with van der Waals surface area (Å²) in [6.07, 6.45) is 8.42. The highest BCUT2D eigenvalue weighted by Gasteiger charge is 2.16. The van der Waals surface area contributed by atoms with E-state index in [-0.39, 0.29) is 0 Å². The summed E-state index contributed by atoms with van der Waals surface area (Å²) < 4.78 is 0. The van der Waals surface area contributed by atoms with Crippen LogP contribution in [-0.2, 0) is 0 Å². The van der Waals surface area contributed by atoms with Gasteiger partial charge >= 0.3 is 0 Å². The SMILES string of the molecule is CC1CCCC(Nc2ccnc3cc(N)ccc23)CC1. The summed E-state index contributed by atoms with van der Waals surface area (Å²) in [6.45, 7) is 2.37. The van der Waals surface area contributed by atoms with Gasteiger partial charge in [0.1, 0.15) is 0 Å². The van der Waals surface area contributed by atoms with Crippen LogP contribution in [0.15, 0.2) is 30.5 Å². The van der Waals surface area contributed by atoms with Crippen molar-refractivity contribution in [3.8, 4) is 0 Å². The third kappa shape index (κ3) is 2.87. The molecular weight excluding hydrogens is 246 g/mol. The van der Waals surface area contributed by atoms with Gasteiger partial charge in [0, 0.05) is 29.0 Å². The molecule has 2 aromatic rings. The number of rotatable bonds is 2. The molecule has 3 rings (SSSR count). The smallest absolute Gasteiger partial charge is 0.0743 e. The fourth-order valence-corrected chi connectivity index (χ4v) is 3.14. The van der Waals surface area contributed by atoms with Crippen LogP contribution in [0.2, 0.25) is 0 Å². The molecule has 1 aromatic carbocycles. The van der Waals surface area contributed by atoms with Gasteiger partial charge in [0.05, 0.1) is 5.52 Å². The van der Waals surface area contributed by atoms with E-state index >= 15 is 0 Å². The number of nitrogens with one attached hydrogen (secondary N) is 1. The summed E-state index contributed by atoms with van der Waals surface area (Å²) in [6, 6.07) is 8.62. The molecule has 106 valence electrons. The van der Waals surface area contributed by atoms with Crippen molar-refractivity contribution in [2.75, 3.05) is 11.1 Å². The van der Waals surface area contributed by atoms with E-state index in [1.165, 1.54) is 43.2 Å². The molecule has 0 saturated heterocycles. The van der Waals surface area contributed by atoms with Crippen molar-refractivity contribution in [1.82, 2.24) is 4.98 Å². The maximum Gasteiger partial charge on any atom is 0.0743 e. The third-order valence-corrected chi connectivity index (χ3v) is 4.38. The molecule has 2 atom stereocenters. The number of pyridine rings is 1. The molecule has 0 spiro atoms. The molecule has 2 unspecified atom stereocenters. The number of hydrogen-bond donors (Lipinski definition) is 2. The van der Waals surface area contributed by atoms with Crippen molar-refractivity contribution in [3.63, 3.8) is 0 Å². The molecule has 1 aromatic heterocycles. The first kappa shape index (κ1) is 13.2. The molecule has 3 nitrogen and oxygen atoms in total. The summed E-state index contributed by atoms with van der Waals surface area (Å²) in [5.41, 5.74) is 8.76. The Labute approximate surface area is 120 Å². The molecule has 0 bridgehead atoms. The molecule has 1 aliphatic rings. The van der Waals surface area contributed by atoms with Gasteiger partial charge in [-0.3, -0.25) is 4.98 Å². The highest BCUT2D eigenvalue weighted by molar-refractivity contribution is 5.92. The lowest BCUT2D eigenvalue weighted by Gasteiger charge is -2.19. The van der Waals surface area contributed by atoms with Crippen LogP contribution in [0.5, 0.6) is 0 Å². The van der Waals surface area contributed by atoms with Crippen molar-refractivity contribution in [1.29, 1.82) is 0 Å². The second-order valence-corrected chi connectivity index (χ2v) is 6.09. The number of fused-ring (bicyclic) bond motifs is 1. The summed E-state index contributed by atoms with van der Waals surface area (Å²) in [4.78, 5) is 4.41. The predicted molar refractivity (Wildman–Crippen MR) is 85.8 cm³/mol. The molecule has 0 radical (unpaired) electrons.